The number of nitrogens with zero attached hydrogens (tertiary/aromatic N) is 1. The van der Waals surface area contributed by atoms with Gasteiger partial charge in [0.2, 0.25) is 0 Å². The van der Waals surface area contributed by atoms with E-state index in [-0.39, 0.29) is 12.6 Å². The Morgan fingerprint density at radius 3 is 3.00 bits per heavy atom. The van der Waals surface area contributed by atoms with Crippen LogP contribution in [0, 0.1) is 6.92 Å². The largest absolute Gasteiger partial charge is 0.387 e. The van der Waals surface area contributed by atoms with Crippen LogP contribution in [0.3, 0.4) is 0 Å². The van der Waals surface area contributed by atoms with Crippen LogP contribution in [-0.2, 0) is 6.42 Å². The number of amides is 2. The van der Waals surface area contributed by atoms with Gasteiger partial charge in [0, 0.05) is 30.6 Å². The number of nitrogens with one attached hydrogen (secondary N) is 2. The fourth-order valence-electron chi connectivity index (χ4n) is 1.63. The van der Waals surface area contributed by atoms with Crippen LogP contribution in [0.4, 0.5) is 4.79 Å². The predicted octanol–water partition coefficient (Wildman–Crippen LogP) is 2.09. The summed E-state index contributed by atoms with van der Waals surface area (Å²) in [7, 11) is 0. The quantitative estimate of drug-likeness (QED) is 0.765. The highest BCUT2D eigenvalue weighted by Gasteiger charge is 2.09. The standard InChI is InChI=1S/C13H17N3O2S2/c1-9-6-15-12(20-9)2-4-14-13(18)16-7-11(17)10-3-5-19-8-10/h3,5-6,8,11,17H,2,4,7H2,1H3,(H2,14,16,18). The van der Waals surface area contributed by atoms with Crippen molar-refractivity contribution >= 4 is 28.7 Å². The average Bonchev–Trinajstić information content (AvgIpc) is 3.07. The third kappa shape index (κ3) is 4.59. The number of hydrogen-bond donors (Lipinski definition) is 3. The Balaban J connectivity index is 1.63. The van der Waals surface area contributed by atoms with Crippen molar-refractivity contribution in [2.24, 2.45) is 0 Å². The number of aryl methyl sites for hydroxylation is 1. The van der Waals surface area contributed by atoms with Gasteiger partial charge in [-0.2, -0.15) is 11.3 Å². The molecule has 7 heteroatoms. The van der Waals surface area contributed by atoms with E-state index in [0.717, 1.165) is 17.0 Å². The van der Waals surface area contributed by atoms with Crippen molar-refractivity contribution < 1.29 is 9.90 Å². The van der Waals surface area contributed by atoms with Gasteiger partial charge in [-0.05, 0) is 29.3 Å². The van der Waals surface area contributed by atoms with E-state index in [4.69, 9.17) is 0 Å². The van der Waals surface area contributed by atoms with Gasteiger partial charge in [-0.1, -0.05) is 0 Å². The molecule has 0 aromatic carbocycles. The number of carbonyl (C=O) groups is 1. The average molecular weight is 311 g/mol. The highest BCUT2D eigenvalue weighted by molar-refractivity contribution is 7.11. The summed E-state index contributed by atoms with van der Waals surface area (Å²) in [5.41, 5.74) is 0.827. The molecular weight excluding hydrogens is 294 g/mol. The Morgan fingerprint density at radius 2 is 2.35 bits per heavy atom. The van der Waals surface area contributed by atoms with Gasteiger partial charge < -0.3 is 15.7 Å². The lowest BCUT2D eigenvalue weighted by Gasteiger charge is -2.11. The van der Waals surface area contributed by atoms with Crippen molar-refractivity contribution in [3.63, 3.8) is 0 Å². The molecule has 2 rings (SSSR count). The molecule has 3 N–H and O–H groups in total. The van der Waals surface area contributed by atoms with Crippen LogP contribution in [0.1, 0.15) is 21.6 Å². The van der Waals surface area contributed by atoms with Gasteiger partial charge in [0.1, 0.15) is 0 Å². The second kappa shape index (κ2) is 7.37. The predicted molar refractivity (Wildman–Crippen MR) is 81.2 cm³/mol. The molecular formula is C13H17N3O2S2. The number of aromatic nitrogens is 1. The van der Waals surface area contributed by atoms with Gasteiger partial charge in [-0.3, -0.25) is 0 Å². The van der Waals surface area contributed by atoms with Crippen molar-refractivity contribution in [1.29, 1.82) is 0 Å². The van der Waals surface area contributed by atoms with Crippen LogP contribution in [0.2, 0.25) is 0 Å². The zero-order valence-corrected chi connectivity index (χ0v) is 12.8. The van der Waals surface area contributed by atoms with E-state index in [1.54, 1.807) is 11.3 Å². The van der Waals surface area contributed by atoms with Gasteiger partial charge in [0.25, 0.3) is 0 Å². The summed E-state index contributed by atoms with van der Waals surface area (Å²) in [4.78, 5) is 17.0. The minimum atomic E-state index is -0.659. The molecule has 0 radical (unpaired) electrons. The Kier molecular flexibility index (Phi) is 5.51. The van der Waals surface area contributed by atoms with Crippen LogP contribution in [0.5, 0.6) is 0 Å². The molecule has 0 saturated carbocycles. The first-order valence-corrected chi connectivity index (χ1v) is 8.04. The second-order valence-corrected chi connectivity index (χ2v) is 6.42. The fraction of sp³-hybridized carbons (Fsp3) is 0.385. The first-order valence-electron chi connectivity index (χ1n) is 6.28. The highest BCUT2D eigenvalue weighted by atomic mass is 32.1. The van der Waals surface area contributed by atoms with Gasteiger partial charge >= 0.3 is 6.03 Å². The summed E-state index contributed by atoms with van der Waals surface area (Å²) in [5, 5.41) is 20.0. The summed E-state index contributed by atoms with van der Waals surface area (Å²) in [6, 6.07) is 1.58. The molecule has 0 spiro atoms. The van der Waals surface area contributed by atoms with Crippen molar-refractivity contribution in [1.82, 2.24) is 15.6 Å². The molecule has 0 saturated heterocycles. The third-order valence-electron chi connectivity index (χ3n) is 2.68. The zero-order chi connectivity index (χ0) is 14.4. The third-order valence-corrected chi connectivity index (χ3v) is 4.35. The number of rotatable bonds is 6. The first-order chi connectivity index (χ1) is 9.65. The summed E-state index contributed by atoms with van der Waals surface area (Å²) in [6.45, 7) is 2.75. The number of hydrogen-bond acceptors (Lipinski definition) is 5. The molecule has 0 aliphatic carbocycles. The van der Waals surface area contributed by atoms with E-state index < -0.39 is 6.10 Å². The minimum absolute atomic E-state index is 0.207. The van der Waals surface area contributed by atoms with Gasteiger partial charge in [-0.25, -0.2) is 9.78 Å². The summed E-state index contributed by atoms with van der Waals surface area (Å²) >= 11 is 3.16. The lowest BCUT2D eigenvalue weighted by atomic mass is 10.2. The highest BCUT2D eigenvalue weighted by Crippen LogP contribution is 2.15. The van der Waals surface area contributed by atoms with E-state index in [9.17, 15) is 9.90 Å². The van der Waals surface area contributed by atoms with Crippen LogP contribution in [0.25, 0.3) is 0 Å². The zero-order valence-electron chi connectivity index (χ0n) is 11.1. The van der Waals surface area contributed by atoms with Crippen molar-refractivity contribution in [3.8, 4) is 0 Å². The SMILES string of the molecule is Cc1cnc(CCNC(=O)NCC(O)c2ccsc2)s1. The number of aliphatic hydroxyl groups is 1. The molecule has 0 aliphatic rings. The number of aliphatic hydroxyl groups excluding tert-OH is 1. The summed E-state index contributed by atoms with van der Waals surface area (Å²) in [5.74, 6) is 0. The topological polar surface area (TPSA) is 74.2 Å². The number of urea groups is 1. The maximum atomic E-state index is 11.6. The molecule has 0 aliphatic heterocycles. The Bertz CT molecular complexity index is 540. The molecule has 1 atom stereocenters. The van der Waals surface area contributed by atoms with Crippen LogP contribution in [-0.4, -0.2) is 29.2 Å². The molecule has 108 valence electrons. The van der Waals surface area contributed by atoms with Crippen molar-refractivity contribution in [2.75, 3.05) is 13.1 Å². The van der Waals surface area contributed by atoms with Crippen molar-refractivity contribution in [3.05, 3.63) is 38.5 Å². The second-order valence-electron chi connectivity index (χ2n) is 4.32. The Morgan fingerprint density at radius 1 is 1.50 bits per heavy atom. The molecule has 2 heterocycles. The normalized spacial score (nSPS) is 12.1. The number of thiophene rings is 1. The molecule has 1 unspecified atom stereocenters. The van der Waals surface area contributed by atoms with Crippen LogP contribution in [0.15, 0.2) is 23.0 Å². The van der Waals surface area contributed by atoms with E-state index in [0.29, 0.717) is 6.54 Å². The lowest BCUT2D eigenvalue weighted by Crippen LogP contribution is -2.38. The maximum absolute atomic E-state index is 11.6. The first kappa shape index (κ1) is 15.0. The van der Waals surface area contributed by atoms with E-state index in [1.165, 1.54) is 16.2 Å². The van der Waals surface area contributed by atoms with Crippen molar-refractivity contribution in [2.45, 2.75) is 19.4 Å². The number of carbonyl (C=O) groups excluding carboxylic acids is 1. The van der Waals surface area contributed by atoms with Gasteiger partial charge in [0.15, 0.2) is 0 Å². The number of thiazole rings is 1. The minimum Gasteiger partial charge on any atom is -0.387 e. The molecule has 2 amide bonds. The van der Waals surface area contributed by atoms with Crippen LogP contribution >= 0.6 is 22.7 Å². The fourth-order valence-corrected chi connectivity index (χ4v) is 3.13. The molecule has 0 fully saturated rings. The van der Waals surface area contributed by atoms with E-state index in [2.05, 4.69) is 15.6 Å². The van der Waals surface area contributed by atoms with Gasteiger partial charge in [-0.15, -0.1) is 11.3 Å². The van der Waals surface area contributed by atoms with Gasteiger partial charge in [0.05, 0.1) is 11.1 Å². The molecule has 20 heavy (non-hydrogen) atoms. The van der Waals surface area contributed by atoms with E-state index in [1.807, 2.05) is 29.9 Å². The molecule has 0 bridgehead atoms. The Labute approximate surface area is 125 Å². The monoisotopic (exact) mass is 311 g/mol. The smallest absolute Gasteiger partial charge is 0.314 e. The molecule has 5 nitrogen and oxygen atoms in total. The van der Waals surface area contributed by atoms with E-state index >= 15 is 0 Å². The summed E-state index contributed by atoms with van der Waals surface area (Å²) < 4.78 is 0. The lowest BCUT2D eigenvalue weighted by molar-refractivity contribution is 0.173. The summed E-state index contributed by atoms with van der Waals surface area (Å²) in [6.07, 6.45) is 1.89. The molecule has 2 aromatic heterocycles. The molecule has 2 aromatic rings. The Hall–Kier alpha value is -1.44. The maximum Gasteiger partial charge on any atom is 0.314 e. The van der Waals surface area contributed by atoms with Crippen LogP contribution < -0.4 is 10.6 Å².